The second-order valence-electron chi connectivity index (χ2n) is 7.59. The van der Waals surface area contributed by atoms with Crippen LogP contribution in [0.25, 0.3) is 0 Å². The molecule has 0 spiro atoms. The van der Waals surface area contributed by atoms with Crippen molar-refractivity contribution in [1.82, 2.24) is 9.62 Å². The third kappa shape index (κ3) is 4.81. The van der Waals surface area contributed by atoms with E-state index >= 15 is 0 Å². The Balaban J connectivity index is 1.46. The van der Waals surface area contributed by atoms with Gasteiger partial charge in [-0.05, 0) is 43.2 Å². The van der Waals surface area contributed by atoms with Crippen molar-refractivity contribution in [3.63, 3.8) is 0 Å². The lowest BCUT2D eigenvalue weighted by molar-refractivity contribution is -0.384. The number of benzene rings is 2. The first-order valence-electron chi connectivity index (χ1n) is 9.85. The molecule has 9 nitrogen and oxygen atoms in total. The van der Waals surface area contributed by atoms with Crippen LogP contribution in [-0.4, -0.2) is 56.4 Å². The molecule has 0 bridgehead atoms. The molecule has 1 saturated heterocycles. The SMILES string of the molecule is O=C(c1cccc(S(=O)(=O)NC2CC2)c1)N1CCN(c2ccc(Cl)cc2[N+](=O)[O-])CC1. The van der Waals surface area contributed by atoms with Gasteiger partial charge < -0.3 is 9.80 Å². The predicted molar refractivity (Wildman–Crippen MR) is 116 cm³/mol. The van der Waals surface area contributed by atoms with E-state index in [2.05, 4.69) is 4.72 Å². The molecule has 2 aliphatic rings. The lowest BCUT2D eigenvalue weighted by Gasteiger charge is -2.35. The Labute approximate surface area is 184 Å². The zero-order valence-corrected chi connectivity index (χ0v) is 18.1. The van der Waals surface area contributed by atoms with Crippen molar-refractivity contribution in [3.05, 3.63) is 63.2 Å². The highest BCUT2D eigenvalue weighted by molar-refractivity contribution is 7.89. The fourth-order valence-corrected chi connectivity index (χ4v) is 5.04. The summed E-state index contributed by atoms with van der Waals surface area (Å²) in [7, 11) is -3.65. The van der Waals surface area contributed by atoms with E-state index in [9.17, 15) is 23.3 Å². The van der Waals surface area contributed by atoms with Crippen LogP contribution in [0.1, 0.15) is 23.2 Å². The molecular formula is C20H21ClN4O5S. The second-order valence-corrected chi connectivity index (χ2v) is 9.74. The van der Waals surface area contributed by atoms with Gasteiger partial charge in [-0.1, -0.05) is 17.7 Å². The van der Waals surface area contributed by atoms with Crippen molar-refractivity contribution in [3.8, 4) is 0 Å². The molecule has 1 saturated carbocycles. The summed E-state index contributed by atoms with van der Waals surface area (Å²) in [5, 5.41) is 11.6. The monoisotopic (exact) mass is 464 g/mol. The van der Waals surface area contributed by atoms with Gasteiger partial charge in [0.25, 0.3) is 11.6 Å². The van der Waals surface area contributed by atoms with Gasteiger partial charge in [0.1, 0.15) is 5.69 Å². The first-order valence-corrected chi connectivity index (χ1v) is 11.7. The Kier molecular flexibility index (Phi) is 5.87. The number of rotatable bonds is 6. The van der Waals surface area contributed by atoms with E-state index in [0.29, 0.717) is 37.4 Å². The molecule has 4 rings (SSSR count). The lowest BCUT2D eigenvalue weighted by Crippen LogP contribution is -2.49. The van der Waals surface area contributed by atoms with Crippen molar-refractivity contribution in [2.45, 2.75) is 23.8 Å². The van der Waals surface area contributed by atoms with Gasteiger partial charge in [-0.3, -0.25) is 14.9 Å². The van der Waals surface area contributed by atoms with Crippen molar-refractivity contribution in [1.29, 1.82) is 0 Å². The number of nitro benzene ring substituents is 1. The van der Waals surface area contributed by atoms with E-state index in [4.69, 9.17) is 11.6 Å². The first kappa shape index (κ1) is 21.5. The number of carbonyl (C=O) groups excluding carboxylic acids is 1. The van der Waals surface area contributed by atoms with Crippen LogP contribution in [0.4, 0.5) is 11.4 Å². The fourth-order valence-electron chi connectivity index (χ4n) is 3.53. The minimum atomic E-state index is -3.65. The molecule has 31 heavy (non-hydrogen) atoms. The summed E-state index contributed by atoms with van der Waals surface area (Å²) >= 11 is 5.89. The molecule has 1 N–H and O–H groups in total. The topological polar surface area (TPSA) is 113 Å². The largest absolute Gasteiger partial charge is 0.362 e. The Morgan fingerprint density at radius 1 is 1.10 bits per heavy atom. The Bertz CT molecular complexity index is 1130. The van der Waals surface area contributed by atoms with E-state index in [-0.39, 0.29) is 27.6 Å². The van der Waals surface area contributed by atoms with Crippen molar-refractivity contribution < 1.29 is 18.1 Å². The molecular weight excluding hydrogens is 444 g/mol. The standard InChI is InChI=1S/C20H21ClN4O5S/c21-15-4-7-18(19(13-15)25(27)28)23-8-10-24(11-9-23)20(26)14-2-1-3-17(12-14)31(29,30)22-16-5-6-16/h1-4,7,12-13,16,22H,5-6,8-11H2. The highest BCUT2D eigenvalue weighted by atomic mass is 35.5. The number of carbonyl (C=O) groups is 1. The number of piperazine rings is 1. The summed E-state index contributed by atoms with van der Waals surface area (Å²) in [4.78, 5) is 27.4. The number of nitrogens with one attached hydrogen (secondary N) is 1. The number of amides is 1. The quantitative estimate of drug-likeness (QED) is 0.519. The number of halogens is 1. The average Bonchev–Trinajstić information content (AvgIpc) is 3.57. The van der Waals surface area contributed by atoms with E-state index in [1.165, 1.54) is 18.2 Å². The molecule has 1 amide bonds. The molecule has 1 heterocycles. The number of nitro groups is 1. The normalized spacial score (nSPS) is 16.9. The molecule has 1 aliphatic heterocycles. The summed E-state index contributed by atoms with van der Waals surface area (Å²) in [6.45, 7) is 1.54. The Morgan fingerprint density at radius 2 is 1.81 bits per heavy atom. The number of hydrogen-bond acceptors (Lipinski definition) is 6. The van der Waals surface area contributed by atoms with Crippen LogP contribution in [0.3, 0.4) is 0 Å². The van der Waals surface area contributed by atoms with Crippen LogP contribution >= 0.6 is 11.6 Å². The van der Waals surface area contributed by atoms with Crippen molar-refractivity contribution in [2.75, 3.05) is 31.1 Å². The van der Waals surface area contributed by atoms with E-state index in [1.807, 2.05) is 4.90 Å². The smallest absolute Gasteiger partial charge is 0.294 e. The molecule has 11 heteroatoms. The Morgan fingerprint density at radius 3 is 2.45 bits per heavy atom. The van der Waals surface area contributed by atoms with Crippen LogP contribution < -0.4 is 9.62 Å². The predicted octanol–water partition coefficient (Wildman–Crippen LogP) is 2.65. The fraction of sp³-hybridized carbons (Fsp3) is 0.350. The summed E-state index contributed by atoms with van der Waals surface area (Å²) in [6, 6.07) is 10.5. The van der Waals surface area contributed by atoms with Gasteiger partial charge >= 0.3 is 0 Å². The van der Waals surface area contributed by atoms with Gasteiger partial charge in [0.2, 0.25) is 10.0 Å². The molecule has 2 aromatic carbocycles. The van der Waals surface area contributed by atoms with Crippen LogP contribution in [-0.2, 0) is 10.0 Å². The molecule has 2 aromatic rings. The van der Waals surface area contributed by atoms with E-state index in [1.54, 1.807) is 29.2 Å². The van der Waals surface area contributed by atoms with Crippen molar-refractivity contribution >= 4 is 38.9 Å². The van der Waals surface area contributed by atoms with E-state index in [0.717, 1.165) is 12.8 Å². The molecule has 164 valence electrons. The number of hydrogen-bond donors (Lipinski definition) is 1. The summed E-state index contributed by atoms with van der Waals surface area (Å²) in [5.41, 5.74) is 0.679. The minimum absolute atomic E-state index is 0.0191. The molecule has 2 fully saturated rings. The molecule has 0 radical (unpaired) electrons. The van der Waals surface area contributed by atoms with Crippen LogP contribution in [0.5, 0.6) is 0 Å². The van der Waals surface area contributed by atoms with Gasteiger partial charge in [0.05, 0.1) is 9.82 Å². The maximum Gasteiger partial charge on any atom is 0.294 e. The summed E-state index contributed by atoms with van der Waals surface area (Å²) in [5.74, 6) is -0.270. The number of anilines is 1. The van der Waals surface area contributed by atoms with Gasteiger partial charge in [0.15, 0.2) is 0 Å². The number of sulfonamides is 1. The average molecular weight is 465 g/mol. The van der Waals surface area contributed by atoms with Crippen LogP contribution in [0, 0.1) is 10.1 Å². The van der Waals surface area contributed by atoms with Crippen LogP contribution in [0.2, 0.25) is 5.02 Å². The highest BCUT2D eigenvalue weighted by Crippen LogP contribution is 2.32. The van der Waals surface area contributed by atoms with E-state index < -0.39 is 14.9 Å². The number of nitrogens with zero attached hydrogens (tertiary/aromatic N) is 3. The van der Waals surface area contributed by atoms with Gasteiger partial charge in [-0.25, -0.2) is 13.1 Å². The summed E-state index contributed by atoms with van der Waals surface area (Å²) < 4.78 is 27.5. The Hall–Kier alpha value is -2.69. The van der Waals surface area contributed by atoms with Gasteiger partial charge in [-0.2, -0.15) is 0 Å². The van der Waals surface area contributed by atoms with Gasteiger partial charge in [-0.15, -0.1) is 0 Å². The van der Waals surface area contributed by atoms with Crippen molar-refractivity contribution in [2.24, 2.45) is 0 Å². The maximum atomic E-state index is 12.9. The third-order valence-corrected chi connectivity index (χ3v) is 7.09. The maximum absolute atomic E-state index is 12.9. The highest BCUT2D eigenvalue weighted by Gasteiger charge is 2.30. The van der Waals surface area contributed by atoms with Crippen LogP contribution in [0.15, 0.2) is 47.4 Å². The first-order chi connectivity index (χ1) is 14.7. The summed E-state index contributed by atoms with van der Waals surface area (Å²) in [6.07, 6.45) is 1.65. The lowest BCUT2D eigenvalue weighted by atomic mass is 10.1. The molecule has 1 aliphatic carbocycles. The third-order valence-electron chi connectivity index (χ3n) is 5.33. The van der Waals surface area contributed by atoms with Gasteiger partial charge in [0, 0.05) is 48.9 Å². The zero-order valence-electron chi connectivity index (χ0n) is 16.5. The molecule has 0 unspecified atom stereocenters. The second kappa shape index (κ2) is 8.45. The molecule has 0 aromatic heterocycles. The minimum Gasteiger partial charge on any atom is -0.362 e. The zero-order chi connectivity index (χ0) is 22.2. The molecule has 0 atom stereocenters.